The van der Waals surface area contributed by atoms with Crippen LogP contribution < -0.4 is 16.4 Å². The highest BCUT2D eigenvalue weighted by atomic mass is 16.2. The van der Waals surface area contributed by atoms with Crippen LogP contribution in [0.15, 0.2) is 12.4 Å². The Bertz CT molecular complexity index is 401. The summed E-state index contributed by atoms with van der Waals surface area (Å²) in [5.41, 5.74) is 6.40. The molecule has 0 aromatic carbocycles. The lowest BCUT2D eigenvalue weighted by molar-refractivity contribution is -0.123. The average Bonchev–Trinajstić information content (AvgIpc) is 2.69. The molecule has 17 heavy (non-hydrogen) atoms. The molecule has 7 heteroatoms. The van der Waals surface area contributed by atoms with Gasteiger partial charge in [-0.1, -0.05) is 0 Å². The molecule has 0 bridgehead atoms. The van der Waals surface area contributed by atoms with Gasteiger partial charge in [0.1, 0.15) is 6.04 Å². The Balaban J connectivity index is 2.35. The zero-order chi connectivity index (χ0) is 12.8. The molecular weight excluding hydrogens is 222 g/mol. The van der Waals surface area contributed by atoms with Crippen LogP contribution in [-0.2, 0) is 16.6 Å². The molecule has 2 amide bonds. The predicted molar refractivity (Wildman–Crippen MR) is 61.8 cm³/mol. The van der Waals surface area contributed by atoms with E-state index in [1.165, 1.54) is 6.92 Å². The van der Waals surface area contributed by atoms with Crippen LogP contribution in [0.25, 0.3) is 0 Å². The van der Waals surface area contributed by atoms with E-state index in [-0.39, 0.29) is 11.8 Å². The van der Waals surface area contributed by atoms with Gasteiger partial charge in [-0.15, -0.1) is 0 Å². The molecule has 1 rings (SSSR count). The molecule has 94 valence electrons. The third-order valence-electron chi connectivity index (χ3n) is 2.16. The summed E-state index contributed by atoms with van der Waals surface area (Å²) < 4.78 is 1.58. The normalized spacial score (nSPS) is 11.9. The molecule has 0 aliphatic rings. The quantitative estimate of drug-likeness (QED) is 0.554. The van der Waals surface area contributed by atoms with Crippen LogP contribution in [0.2, 0.25) is 0 Å². The lowest BCUT2D eigenvalue weighted by atomic mass is 10.1. The molecule has 4 N–H and O–H groups in total. The number of nitrogens with one attached hydrogen (secondary N) is 2. The monoisotopic (exact) mass is 239 g/mol. The molecule has 0 radical (unpaired) electrons. The van der Waals surface area contributed by atoms with Crippen molar-refractivity contribution in [3.05, 3.63) is 18.0 Å². The van der Waals surface area contributed by atoms with E-state index in [0.29, 0.717) is 18.7 Å². The first-order valence-corrected chi connectivity index (χ1v) is 5.27. The van der Waals surface area contributed by atoms with Gasteiger partial charge in [-0.2, -0.15) is 5.10 Å². The Kier molecular flexibility index (Phi) is 4.65. The van der Waals surface area contributed by atoms with E-state index < -0.39 is 6.04 Å². The zero-order valence-electron chi connectivity index (χ0n) is 9.93. The number of hydrogen-bond acceptors (Lipinski definition) is 4. The molecule has 0 spiro atoms. The minimum absolute atomic E-state index is 0.129. The molecule has 1 heterocycles. The first kappa shape index (κ1) is 13.2. The molecule has 0 aliphatic heterocycles. The van der Waals surface area contributed by atoms with Gasteiger partial charge >= 0.3 is 0 Å². The van der Waals surface area contributed by atoms with Crippen LogP contribution in [-0.4, -0.2) is 34.7 Å². The molecule has 0 saturated carbocycles. The van der Waals surface area contributed by atoms with E-state index in [2.05, 4.69) is 15.7 Å². The Morgan fingerprint density at radius 3 is 2.65 bits per heavy atom. The summed E-state index contributed by atoms with van der Waals surface area (Å²) in [6.07, 6.45) is 3.25. The molecule has 1 atom stereocenters. The first-order chi connectivity index (χ1) is 8.00. The highest BCUT2D eigenvalue weighted by molar-refractivity contribution is 5.82. The van der Waals surface area contributed by atoms with Crippen LogP contribution in [0, 0.1) is 0 Å². The van der Waals surface area contributed by atoms with Crippen LogP contribution in [0.3, 0.4) is 0 Å². The first-order valence-electron chi connectivity index (χ1n) is 5.27. The molecule has 0 aliphatic carbocycles. The largest absolute Gasteiger partial charge is 0.355 e. The summed E-state index contributed by atoms with van der Waals surface area (Å²) in [7, 11) is 1.75. The third-order valence-corrected chi connectivity index (χ3v) is 2.16. The minimum atomic E-state index is -0.735. The Labute approximate surface area is 99.4 Å². The smallest absolute Gasteiger partial charge is 0.241 e. The summed E-state index contributed by atoms with van der Waals surface area (Å²) >= 11 is 0. The number of carbonyl (C=O) groups is 2. The fourth-order valence-corrected chi connectivity index (χ4v) is 1.29. The van der Waals surface area contributed by atoms with Crippen LogP contribution in [0.5, 0.6) is 0 Å². The number of carbonyl (C=O) groups excluding carboxylic acids is 2. The van der Waals surface area contributed by atoms with E-state index in [9.17, 15) is 9.59 Å². The van der Waals surface area contributed by atoms with Gasteiger partial charge in [-0.25, -0.2) is 0 Å². The van der Waals surface area contributed by atoms with Gasteiger partial charge in [0.15, 0.2) is 0 Å². The van der Waals surface area contributed by atoms with Gasteiger partial charge in [0.2, 0.25) is 11.8 Å². The number of nitrogens with two attached hydrogens (primary N) is 1. The van der Waals surface area contributed by atoms with Crippen molar-refractivity contribution in [2.75, 3.05) is 13.1 Å². The lowest BCUT2D eigenvalue weighted by Crippen LogP contribution is -2.38. The Morgan fingerprint density at radius 2 is 2.12 bits per heavy atom. The standard InChI is InChI=1S/C10H17N5O2/c1-7(16)12-3-4-13-10(17)9(11)8-5-14-15(2)6-8/h5-6,9H,3-4,11H2,1-2H3,(H,12,16)(H,13,17). The predicted octanol–water partition coefficient (Wildman–Crippen LogP) is -1.33. The van der Waals surface area contributed by atoms with Gasteiger partial charge in [-0.05, 0) is 0 Å². The van der Waals surface area contributed by atoms with Gasteiger partial charge < -0.3 is 16.4 Å². The second-order valence-corrected chi connectivity index (χ2v) is 3.70. The number of hydrogen-bond donors (Lipinski definition) is 3. The Morgan fingerprint density at radius 1 is 1.47 bits per heavy atom. The van der Waals surface area contributed by atoms with Crippen molar-refractivity contribution in [1.82, 2.24) is 20.4 Å². The molecule has 1 unspecified atom stereocenters. The number of nitrogens with zero attached hydrogens (tertiary/aromatic N) is 2. The van der Waals surface area contributed by atoms with Gasteiger partial charge in [-0.3, -0.25) is 14.3 Å². The van der Waals surface area contributed by atoms with Gasteiger partial charge in [0.05, 0.1) is 6.20 Å². The fourth-order valence-electron chi connectivity index (χ4n) is 1.29. The Hall–Kier alpha value is -1.89. The molecule has 0 saturated heterocycles. The van der Waals surface area contributed by atoms with Gasteiger partial charge in [0, 0.05) is 38.8 Å². The number of aryl methyl sites for hydroxylation is 1. The molecule has 1 aromatic heterocycles. The van der Waals surface area contributed by atoms with Crippen molar-refractivity contribution in [1.29, 1.82) is 0 Å². The summed E-state index contributed by atoms with van der Waals surface area (Å²) in [6.45, 7) is 2.16. The highest BCUT2D eigenvalue weighted by Gasteiger charge is 2.16. The molecule has 1 aromatic rings. The number of amides is 2. The van der Waals surface area contributed by atoms with Crippen molar-refractivity contribution >= 4 is 11.8 Å². The summed E-state index contributed by atoms with van der Waals surface area (Å²) in [5, 5.41) is 9.14. The number of aromatic nitrogens is 2. The van der Waals surface area contributed by atoms with Crippen molar-refractivity contribution < 1.29 is 9.59 Å². The molecular formula is C10H17N5O2. The fraction of sp³-hybridized carbons (Fsp3) is 0.500. The van der Waals surface area contributed by atoms with E-state index in [1.807, 2.05) is 0 Å². The second kappa shape index (κ2) is 6.00. The molecule has 0 fully saturated rings. The maximum atomic E-state index is 11.6. The maximum Gasteiger partial charge on any atom is 0.241 e. The van der Waals surface area contributed by atoms with E-state index in [1.54, 1.807) is 24.1 Å². The number of rotatable bonds is 5. The van der Waals surface area contributed by atoms with Crippen molar-refractivity contribution in [2.45, 2.75) is 13.0 Å². The van der Waals surface area contributed by atoms with Crippen LogP contribution in [0.4, 0.5) is 0 Å². The van der Waals surface area contributed by atoms with E-state index in [4.69, 9.17) is 5.73 Å². The second-order valence-electron chi connectivity index (χ2n) is 3.70. The SMILES string of the molecule is CC(=O)NCCNC(=O)C(N)c1cnn(C)c1. The highest BCUT2D eigenvalue weighted by Crippen LogP contribution is 2.07. The lowest BCUT2D eigenvalue weighted by Gasteiger charge is -2.10. The summed E-state index contributed by atoms with van der Waals surface area (Å²) in [4.78, 5) is 22.2. The van der Waals surface area contributed by atoms with Crippen LogP contribution in [0.1, 0.15) is 18.5 Å². The third kappa shape index (κ3) is 4.23. The average molecular weight is 239 g/mol. The topological polar surface area (TPSA) is 102 Å². The summed E-state index contributed by atoms with van der Waals surface area (Å²) in [5.74, 6) is -0.417. The maximum absolute atomic E-state index is 11.6. The van der Waals surface area contributed by atoms with Crippen LogP contribution >= 0.6 is 0 Å². The van der Waals surface area contributed by atoms with Crippen molar-refractivity contribution in [2.24, 2.45) is 12.8 Å². The summed E-state index contributed by atoms with van der Waals surface area (Å²) in [6, 6.07) is -0.735. The van der Waals surface area contributed by atoms with Crippen molar-refractivity contribution in [3.63, 3.8) is 0 Å². The minimum Gasteiger partial charge on any atom is -0.355 e. The van der Waals surface area contributed by atoms with E-state index >= 15 is 0 Å². The molecule has 7 nitrogen and oxygen atoms in total. The van der Waals surface area contributed by atoms with Crippen molar-refractivity contribution in [3.8, 4) is 0 Å². The van der Waals surface area contributed by atoms with Gasteiger partial charge in [0.25, 0.3) is 0 Å². The van der Waals surface area contributed by atoms with E-state index in [0.717, 1.165) is 0 Å². The zero-order valence-corrected chi connectivity index (χ0v) is 9.93.